The molecular formula is C15H29NO. The van der Waals surface area contributed by atoms with Gasteiger partial charge < -0.3 is 10.1 Å². The van der Waals surface area contributed by atoms with Crippen LogP contribution in [-0.2, 0) is 4.74 Å². The fourth-order valence-electron chi connectivity index (χ4n) is 3.15. The fraction of sp³-hybridized carbons (Fsp3) is 1.00. The molecule has 1 spiro atoms. The summed E-state index contributed by atoms with van der Waals surface area (Å²) in [5.74, 6) is 0.922. The molecule has 2 rings (SSSR count). The Bertz CT molecular complexity index is 240. The second-order valence-electron chi connectivity index (χ2n) is 7.06. The summed E-state index contributed by atoms with van der Waals surface area (Å²) in [6.45, 7) is 8.89. The Morgan fingerprint density at radius 2 is 2.06 bits per heavy atom. The monoisotopic (exact) mass is 239 g/mol. The molecule has 0 radical (unpaired) electrons. The Balaban J connectivity index is 1.62. The highest BCUT2D eigenvalue weighted by Gasteiger charge is 2.42. The average Bonchev–Trinajstić information content (AvgIpc) is 2.21. The van der Waals surface area contributed by atoms with Crippen LogP contribution in [-0.4, -0.2) is 24.3 Å². The zero-order valence-corrected chi connectivity index (χ0v) is 11.8. The van der Waals surface area contributed by atoms with E-state index in [9.17, 15) is 0 Å². The summed E-state index contributed by atoms with van der Waals surface area (Å²) in [5, 5.41) is 3.58. The Hall–Kier alpha value is -0.0800. The molecule has 2 fully saturated rings. The molecule has 1 aliphatic carbocycles. The largest absolute Gasteiger partial charge is 0.375 e. The zero-order chi connectivity index (χ0) is 12.4. The van der Waals surface area contributed by atoms with Crippen LogP contribution in [0, 0.1) is 5.92 Å². The fourth-order valence-corrected chi connectivity index (χ4v) is 3.15. The van der Waals surface area contributed by atoms with E-state index in [1.165, 1.54) is 44.9 Å². The highest BCUT2D eigenvalue weighted by Crippen LogP contribution is 2.45. The Morgan fingerprint density at radius 3 is 2.65 bits per heavy atom. The molecule has 100 valence electrons. The van der Waals surface area contributed by atoms with Gasteiger partial charge in [0.25, 0.3) is 0 Å². The lowest BCUT2D eigenvalue weighted by Gasteiger charge is -2.47. The summed E-state index contributed by atoms with van der Waals surface area (Å²) in [6, 6.07) is 0. The molecule has 0 aromatic rings. The highest BCUT2D eigenvalue weighted by atomic mass is 16.5. The lowest BCUT2D eigenvalue weighted by Crippen LogP contribution is -2.45. The van der Waals surface area contributed by atoms with Crippen molar-refractivity contribution in [3.8, 4) is 0 Å². The van der Waals surface area contributed by atoms with Gasteiger partial charge in [0.05, 0.1) is 5.60 Å². The summed E-state index contributed by atoms with van der Waals surface area (Å²) in [6.07, 6.45) is 9.36. The van der Waals surface area contributed by atoms with Crippen molar-refractivity contribution in [2.24, 2.45) is 5.92 Å². The van der Waals surface area contributed by atoms with Gasteiger partial charge in [0.1, 0.15) is 0 Å². The minimum absolute atomic E-state index is 0.269. The normalized spacial score (nSPS) is 28.1. The molecule has 1 N–H and O–H groups in total. The first-order valence-electron chi connectivity index (χ1n) is 7.38. The lowest BCUT2D eigenvalue weighted by atomic mass is 9.71. The van der Waals surface area contributed by atoms with Crippen molar-refractivity contribution in [2.45, 2.75) is 76.9 Å². The quantitative estimate of drug-likeness (QED) is 0.758. The van der Waals surface area contributed by atoms with E-state index >= 15 is 0 Å². The Morgan fingerprint density at radius 1 is 1.29 bits per heavy atom. The molecule has 17 heavy (non-hydrogen) atoms. The SMILES string of the molecule is CC(C)(C)NCCCC1CCOC2(CCC2)C1. The van der Waals surface area contributed by atoms with Gasteiger partial charge in [-0.2, -0.15) is 0 Å². The van der Waals surface area contributed by atoms with E-state index in [0.29, 0.717) is 5.60 Å². The smallest absolute Gasteiger partial charge is 0.0685 e. The molecule has 0 bridgehead atoms. The van der Waals surface area contributed by atoms with Crippen molar-refractivity contribution < 1.29 is 4.74 Å². The summed E-state index contributed by atoms with van der Waals surface area (Å²) in [5.41, 5.74) is 0.602. The van der Waals surface area contributed by atoms with E-state index in [2.05, 4.69) is 26.1 Å². The van der Waals surface area contributed by atoms with E-state index in [1.54, 1.807) is 0 Å². The molecule has 1 aliphatic heterocycles. The lowest BCUT2D eigenvalue weighted by molar-refractivity contribution is -0.144. The standard InChI is InChI=1S/C15H29NO/c1-14(2,3)16-10-4-6-13-7-11-17-15(12-13)8-5-9-15/h13,16H,4-12H2,1-3H3. The van der Waals surface area contributed by atoms with Gasteiger partial charge in [-0.25, -0.2) is 0 Å². The first-order valence-corrected chi connectivity index (χ1v) is 7.38. The van der Waals surface area contributed by atoms with Gasteiger partial charge in [0.2, 0.25) is 0 Å². The van der Waals surface area contributed by atoms with Crippen LogP contribution in [0.5, 0.6) is 0 Å². The highest BCUT2D eigenvalue weighted by molar-refractivity contribution is 4.93. The zero-order valence-electron chi connectivity index (χ0n) is 11.8. The summed E-state index contributed by atoms with van der Waals surface area (Å²) in [4.78, 5) is 0. The van der Waals surface area contributed by atoms with E-state index in [0.717, 1.165) is 19.1 Å². The molecule has 1 heterocycles. The maximum Gasteiger partial charge on any atom is 0.0685 e. The van der Waals surface area contributed by atoms with Crippen molar-refractivity contribution in [3.05, 3.63) is 0 Å². The summed E-state index contributed by atoms with van der Waals surface area (Å²) >= 11 is 0. The molecule has 0 amide bonds. The van der Waals surface area contributed by atoms with E-state index < -0.39 is 0 Å². The van der Waals surface area contributed by atoms with E-state index in [4.69, 9.17) is 4.74 Å². The van der Waals surface area contributed by atoms with Crippen molar-refractivity contribution >= 4 is 0 Å². The van der Waals surface area contributed by atoms with Crippen molar-refractivity contribution in [1.29, 1.82) is 0 Å². The van der Waals surface area contributed by atoms with E-state index in [1.807, 2.05) is 0 Å². The van der Waals surface area contributed by atoms with Crippen LogP contribution >= 0.6 is 0 Å². The molecule has 1 saturated carbocycles. The van der Waals surface area contributed by atoms with Crippen LogP contribution in [0.3, 0.4) is 0 Å². The van der Waals surface area contributed by atoms with Gasteiger partial charge in [-0.05, 0) is 78.2 Å². The summed E-state index contributed by atoms with van der Waals surface area (Å²) in [7, 11) is 0. The predicted octanol–water partition coefficient (Wildman–Crippen LogP) is 3.50. The number of hydrogen-bond donors (Lipinski definition) is 1. The maximum absolute atomic E-state index is 5.98. The topological polar surface area (TPSA) is 21.3 Å². The average molecular weight is 239 g/mol. The molecule has 1 atom stereocenters. The number of ether oxygens (including phenoxy) is 1. The van der Waals surface area contributed by atoms with Gasteiger partial charge >= 0.3 is 0 Å². The van der Waals surface area contributed by atoms with Crippen LogP contribution in [0.15, 0.2) is 0 Å². The number of rotatable bonds is 4. The van der Waals surface area contributed by atoms with Crippen molar-refractivity contribution in [1.82, 2.24) is 5.32 Å². The van der Waals surface area contributed by atoms with E-state index in [-0.39, 0.29) is 5.54 Å². The third-order valence-corrected chi connectivity index (χ3v) is 4.30. The van der Waals surface area contributed by atoms with Gasteiger partial charge in [0, 0.05) is 12.1 Å². The number of hydrogen-bond acceptors (Lipinski definition) is 2. The molecular weight excluding hydrogens is 210 g/mol. The molecule has 2 nitrogen and oxygen atoms in total. The second kappa shape index (κ2) is 5.27. The first-order chi connectivity index (χ1) is 7.99. The maximum atomic E-state index is 5.98. The molecule has 0 aromatic carbocycles. The molecule has 2 aliphatic rings. The van der Waals surface area contributed by atoms with Gasteiger partial charge in [-0.15, -0.1) is 0 Å². The molecule has 1 saturated heterocycles. The minimum atomic E-state index is 0.269. The predicted molar refractivity (Wildman–Crippen MR) is 72.2 cm³/mol. The van der Waals surface area contributed by atoms with Gasteiger partial charge in [-0.1, -0.05) is 0 Å². The molecule has 1 unspecified atom stereocenters. The van der Waals surface area contributed by atoms with Crippen molar-refractivity contribution in [3.63, 3.8) is 0 Å². The molecule has 2 heteroatoms. The third kappa shape index (κ3) is 3.96. The van der Waals surface area contributed by atoms with Crippen LogP contribution < -0.4 is 5.32 Å². The van der Waals surface area contributed by atoms with Gasteiger partial charge in [-0.3, -0.25) is 0 Å². The van der Waals surface area contributed by atoms with Crippen LogP contribution in [0.25, 0.3) is 0 Å². The Labute approximate surface area is 107 Å². The number of nitrogens with one attached hydrogen (secondary N) is 1. The molecule has 0 aromatic heterocycles. The Kier molecular flexibility index (Phi) is 4.14. The van der Waals surface area contributed by atoms with Gasteiger partial charge in [0.15, 0.2) is 0 Å². The second-order valence-corrected chi connectivity index (χ2v) is 7.06. The van der Waals surface area contributed by atoms with Crippen molar-refractivity contribution in [2.75, 3.05) is 13.2 Å². The third-order valence-electron chi connectivity index (χ3n) is 4.30. The summed E-state index contributed by atoms with van der Waals surface area (Å²) < 4.78 is 5.98. The minimum Gasteiger partial charge on any atom is -0.375 e. The first kappa shape index (κ1) is 13.4. The van der Waals surface area contributed by atoms with Crippen LogP contribution in [0.2, 0.25) is 0 Å². The van der Waals surface area contributed by atoms with Crippen LogP contribution in [0.4, 0.5) is 0 Å². The van der Waals surface area contributed by atoms with Crippen LogP contribution in [0.1, 0.15) is 65.7 Å².